The molecule has 6 nitrogen and oxygen atoms in total. The lowest BCUT2D eigenvalue weighted by atomic mass is 9.96. The van der Waals surface area contributed by atoms with Crippen molar-refractivity contribution in [3.63, 3.8) is 0 Å². The Morgan fingerprint density at radius 2 is 1.39 bits per heavy atom. The number of benzene rings is 3. The normalized spacial score (nSPS) is 14.5. The van der Waals surface area contributed by atoms with Gasteiger partial charge in [-0.1, -0.05) is 78.0 Å². The van der Waals surface area contributed by atoms with E-state index in [0.29, 0.717) is 30.4 Å². The molecule has 1 fully saturated rings. The predicted octanol–water partition coefficient (Wildman–Crippen LogP) is 4.59. The van der Waals surface area contributed by atoms with Crippen molar-refractivity contribution in [2.45, 2.75) is 13.0 Å². The Labute approximate surface area is 193 Å². The van der Waals surface area contributed by atoms with Crippen molar-refractivity contribution in [1.82, 2.24) is 19.9 Å². The third-order valence-corrected chi connectivity index (χ3v) is 6.11. The van der Waals surface area contributed by atoms with Gasteiger partial charge in [-0.2, -0.15) is 4.98 Å². The molecule has 4 aromatic rings. The van der Waals surface area contributed by atoms with Gasteiger partial charge in [-0.25, -0.2) is 0 Å². The summed E-state index contributed by atoms with van der Waals surface area (Å²) in [6.07, 6.45) is 0. The van der Waals surface area contributed by atoms with Crippen LogP contribution in [0.2, 0.25) is 0 Å². The van der Waals surface area contributed by atoms with Crippen molar-refractivity contribution >= 4 is 5.91 Å². The Kier molecular flexibility index (Phi) is 6.00. The van der Waals surface area contributed by atoms with Crippen molar-refractivity contribution in [3.05, 3.63) is 108 Å². The molecule has 5 rings (SSSR count). The van der Waals surface area contributed by atoms with Crippen molar-refractivity contribution in [3.8, 4) is 11.4 Å². The number of piperazine rings is 1. The van der Waals surface area contributed by atoms with Crippen LogP contribution < -0.4 is 0 Å². The molecule has 1 saturated heterocycles. The molecule has 0 atom stereocenters. The molecule has 0 radical (unpaired) electrons. The number of amides is 1. The molecule has 3 aromatic carbocycles. The summed E-state index contributed by atoms with van der Waals surface area (Å²) in [4.78, 5) is 21.8. The molecule has 1 aliphatic rings. The van der Waals surface area contributed by atoms with E-state index in [1.165, 1.54) is 11.1 Å². The van der Waals surface area contributed by atoms with Crippen LogP contribution in [0.1, 0.15) is 33.4 Å². The van der Waals surface area contributed by atoms with Crippen LogP contribution in [0.3, 0.4) is 0 Å². The fourth-order valence-corrected chi connectivity index (χ4v) is 4.43. The third kappa shape index (κ3) is 4.56. The number of aryl methyl sites for hydroxylation is 1. The second-order valence-corrected chi connectivity index (χ2v) is 8.27. The van der Waals surface area contributed by atoms with E-state index in [9.17, 15) is 4.79 Å². The van der Waals surface area contributed by atoms with Gasteiger partial charge in [-0.3, -0.25) is 9.69 Å². The molecule has 0 unspecified atom stereocenters. The van der Waals surface area contributed by atoms with Gasteiger partial charge in [0.2, 0.25) is 11.7 Å². The maximum Gasteiger partial charge on any atom is 0.253 e. The first-order chi connectivity index (χ1) is 16.2. The molecule has 166 valence electrons. The first-order valence-corrected chi connectivity index (χ1v) is 11.2. The monoisotopic (exact) mass is 438 g/mol. The van der Waals surface area contributed by atoms with Crippen LogP contribution in [-0.2, 0) is 0 Å². The highest BCUT2D eigenvalue weighted by atomic mass is 16.5. The van der Waals surface area contributed by atoms with Crippen molar-refractivity contribution in [2.24, 2.45) is 0 Å². The van der Waals surface area contributed by atoms with Crippen LogP contribution in [0.5, 0.6) is 0 Å². The maximum atomic E-state index is 13.1. The number of nitrogens with zero attached hydrogens (tertiary/aromatic N) is 4. The van der Waals surface area contributed by atoms with Crippen LogP contribution in [-0.4, -0.2) is 52.0 Å². The van der Waals surface area contributed by atoms with E-state index >= 15 is 0 Å². The van der Waals surface area contributed by atoms with Gasteiger partial charge in [0.25, 0.3) is 5.91 Å². The molecular weight excluding hydrogens is 412 g/mol. The van der Waals surface area contributed by atoms with Crippen LogP contribution in [0.15, 0.2) is 89.5 Å². The zero-order valence-electron chi connectivity index (χ0n) is 18.6. The average Bonchev–Trinajstić information content (AvgIpc) is 3.32. The topological polar surface area (TPSA) is 62.5 Å². The highest BCUT2D eigenvalue weighted by Crippen LogP contribution is 2.29. The summed E-state index contributed by atoms with van der Waals surface area (Å²) >= 11 is 0. The zero-order valence-corrected chi connectivity index (χ0v) is 18.6. The molecule has 33 heavy (non-hydrogen) atoms. The Bertz CT molecular complexity index is 1160. The number of carbonyl (C=O) groups is 1. The third-order valence-electron chi connectivity index (χ3n) is 6.11. The molecule has 0 saturated carbocycles. The lowest BCUT2D eigenvalue weighted by molar-refractivity contribution is 0.0597. The molecule has 0 aliphatic carbocycles. The van der Waals surface area contributed by atoms with Gasteiger partial charge in [0, 0.05) is 44.2 Å². The fourth-order valence-electron chi connectivity index (χ4n) is 4.43. The highest BCUT2D eigenvalue weighted by molar-refractivity contribution is 5.94. The second kappa shape index (κ2) is 9.38. The number of rotatable bonds is 5. The predicted molar refractivity (Wildman–Crippen MR) is 127 cm³/mol. The largest absolute Gasteiger partial charge is 0.339 e. The van der Waals surface area contributed by atoms with E-state index in [4.69, 9.17) is 4.52 Å². The van der Waals surface area contributed by atoms with E-state index in [1.54, 1.807) is 6.92 Å². The number of aromatic nitrogens is 2. The summed E-state index contributed by atoms with van der Waals surface area (Å²) in [5, 5.41) is 3.94. The molecule has 1 aromatic heterocycles. The van der Waals surface area contributed by atoms with E-state index in [-0.39, 0.29) is 11.9 Å². The summed E-state index contributed by atoms with van der Waals surface area (Å²) < 4.78 is 5.04. The van der Waals surface area contributed by atoms with Gasteiger partial charge in [0.15, 0.2) is 0 Å². The van der Waals surface area contributed by atoms with Gasteiger partial charge in [0.05, 0.1) is 6.04 Å². The molecule has 1 amide bonds. The Balaban J connectivity index is 1.28. The van der Waals surface area contributed by atoms with Crippen LogP contribution in [0, 0.1) is 6.92 Å². The lowest BCUT2D eigenvalue weighted by Crippen LogP contribution is -2.49. The Morgan fingerprint density at radius 3 is 1.91 bits per heavy atom. The maximum absolute atomic E-state index is 13.1. The first-order valence-electron chi connectivity index (χ1n) is 11.2. The number of carbonyl (C=O) groups excluding carboxylic acids is 1. The molecule has 6 heteroatoms. The van der Waals surface area contributed by atoms with Gasteiger partial charge in [-0.05, 0) is 23.3 Å². The van der Waals surface area contributed by atoms with E-state index in [2.05, 4.69) is 63.6 Å². The van der Waals surface area contributed by atoms with Crippen LogP contribution >= 0.6 is 0 Å². The quantitative estimate of drug-likeness (QED) is 0.456. The van der Waals surface area contributed by atoms with Gasteiger partial charge in [0.1, 0.15) is 0 Å². The fraction of sp³-hybridized carbons (Fsp3) is 0.222. The van der Waals surface area contributed by atoms with Crippen molar-refractivity contribution < 1.29 is 9.32 Å². The SMILES string of the molecule is Cc1nc(-c2ccc(C(=O)N3CCN(C(c4ccccc4)c4ccccc4)CC3)cc2)no1. The molecule has 2 heterocycles. The molecule has 0 bridgehead atoms. The van der Waals surface area contributed by atoms with Crippen LogP contribution in [0.4, 0.5) is 0 Å². The lowest BCUT2D eigenvalue weighted by Gasteiger charge is -2.39. The minimum Gasteiger partial charge on any atom is -0.339 e. The summed E-state index contributed by atoms with van der Waals surface area (Å²) in [6, 6.07) is 28.8. The highest BCUT2D eigenvalue weighted by Gasteiger charge is 2.28. The minimum atomic E-state index is 0.0569. The standard InChI is InChI=1S/C27H26N4O2/c1-20-28-26(29-33-20)23-12-14-24(15-13-23)27(32)31-18-16-30(17-19-31)25(21-8-4-2-5-9-21)22-10-6-3-7-11-22/h2-15,25H,16-19H2,1H3. The summed E-state index contributed by atoms with van der Waals surface area (Å²) in [5.41, 5.74) is 4.06. The van der Waals surface area contributed by atoms with E-state index in [0.717, 1.165) is 18.7 Å². The average molecular weight is 439 g/mol. The van der Waals surface area contributed by atoms with Gasteiger partial charge < -0.3 is 9.42 Å². The number of hydrogen-bond donors (Lipinski definition) is 0. The molecule has 0 spiro atoms. The molecular formula is C27H26N4O2. The molecule has 1 aliphatic heterocycles. The Hall–Kier alpha value is -3.77. The Morgan fingerprint density at radius 1 is 0.818 bits per heavy atom. The zero-order chi connectivity index (χ0) is 22.6. The smallest absolute Gasteiger partial charge is 0.253 e. The number of hydrogen-bond acceptors (Lipinski definition) is 5. The van der Waals surface area contributed by atoms with Crippen molar-refractivity contribution in [2.75, 3.05) is 26.2 Å². The van der Waals surface area contributed by atoms with Gasteiger partial charge in [-0.15, -0.1) is 0 Å². The minimum absolute atomic E-state index is 0.0569. The van der Waals surface area contributed by atoms with Crippen molar-refractivity contribution in [1.29, 1.82) is 0 Å². The molecule has 0 N–H and O–H groups in total. The van der Waals surface area contributed by atoms with Crippen LogP contribution in [0.25, 0.3) is 11.4 Å². The second-order valence-electron chi connectivity index (χ2n) is 8.27. The van der Waals surface area contributed by atoms with E-state index < -0.39 is 0 Å². The summed E-state index contributed by atoms with van der Waals surface area (Å²) in [5.74, 6) is 1.11. The summed E-state index contributed by atoms with van der Waals surface area (Å²) in [7, 11) is 0. The van der Waals surface area contributed by atoms with E-state index in [1.807, 2.05) is 41.3 Å². The van der Waals surface area contributed by atoms with Gasteiger partial charge >= 0.3 is 0 Å². The summed E-state index contributed by atoms with van der Waals surface area (Å²) in [6.45, 7) is 4.79. The first kappa shape index (κ1) is 21.1.